The largest absolute Gasteiger partial charge is 0.340 e. The molecule has 0 saturated carbocycles. The van der Waals surface area contributed by atoms with Gasteiger partial charge >= 0.3 is 0 Å². The van der Waals surface area contributed by atoms with E-state index < -0.39 is 0 Å². The van der Waals surface area contributed by atoms with Gasteiger partial charge in [0.05, 0.1) is 0 Å². The molecule has 1 aliphatic rings. The molecule has 1 aromatic carbocycles. The molecule has 1 unspecified atom stereocenters. The van der Waals surface area contributed by atoms with Crippen LogP contribution in [-0.4, -0.2) is 32.1 Å². The zero-order chi connectivity index (χ0) is 19.0. The number of carbonyl (C=O) groups excluding carboxylic acids is 1. The number of benzene rings is 1. The lowest BCUT2D eigenvalue weighted by molar-refractivity contribution is 0.0700. The van der Waals surface area contributed by atoms with Crippen LogP contribution < -0.4 is 0 Å². The highest BCUT2D eigenvalue weighted by Crippen LogP contribution is 2.33. The van der Waals surface area contributed by atoms with Crippen molar-refractivity contribution in [3.05, 3.63) is 59.9 Å². The first-order valence-electron chi connectivity index (χ1n) is 9.42. The minimum Gasteiger partial charge on any atom is -0.340 e. The first-order valence-corrected chi connectivity index (χ1v) is 9.42. The van der Waals surface area contributed by atoms with Gasteiger partial charge in [-0.1, -0.05) is 49.3 Å². The average Bonchev–Trinajstić information content (AvgIpc) is 3.40. The summed E-state index contributed by atoms with van der Waals surface area (Å²) in [6, 6.07) is 13.8. The van der Waals surface area contributed by atoms with Crippen LogP contribution in [0.25, 0.3) is 11.3 Å². The van der Waals surface area contributed by atoms with E-state index in [9.17, 15) is 4.79 Å². The van der Waals surface area contributed by atoms with Crippen molar-refractivity contribution < 1.29 is 9.32 Å². The number of hydrogen-bond donors (Lipinski definition) is 0. The maximum Gasteiger partial charge on any atom is 0.271 e. The summed E-state index contributed by atoms with van der Waals surface area (Å²) in [6.45, 7) is 4.76. The Labute approximate surface area is 158 Å². The third-order valence-corrected chi connectivity index (χ3v) is 5.18. The van der Waals surface area contributed by atoms with Gasteiger partial charge in [-0.05, 0) is 30.5 Å². The molecule has 0 bridgehead atoms. The lowest BCUT2D eigenvalue weighted by atomic mass is 10.2. The van der Waals surface area contributed by atoms with E-state index in [2.05, 4.69) is 10.1 Å². The van der Waals surface area contributed by atoms with Crippen molar-refractivity contribution in [3.8, 4) is 11.3 Å². The number of carbonyl (C=O) groups is 1. The highest BCUT2D eigenvalue weighted by molar-refractivity contribution is 5.94. The molecule has 6 nitrogen and oxygen atoms in total. The van der Waals surface area contributed by atoms with Gasteiger partial charge in [-0.2, -0.15) is 4.98 Å². The van der Waals surface area contributed by atoms with Crippen LogP contribution in [0.15, 0.2) is 47.0 Å². The Kier molecular flexibility index (Phi) is 4.56. The smallest absolute Gasteiger partial charge is 0.271 e. The van der Waals surface area contributed by atoms with Crippen LogP contribution in [0.1, 0.15) is 60.9 Å². The molecule has 0 aliphatic carbocycles. The van der Waals surface area contributed by atoms with Gasteiger partial charge in [0, 0.05) is 25.2 Å². The molecule has 0 radical (unpaired) electrons. The van der Waals surface area contributed by atoms with Crippen LogP contribution in [0.5, 0.6) is 0 Å². The number of likely N-dealkylation sites (tertiary alicyclic amines) is 1. The normalized spacial score (nSPS) is 17.0. The van der Waals surface area contributed by atoms with E-state index in [0.29, 0.717) is 24.0 Å². The first-order chi connectivity index (χ1) is 13.1. The highest BCUT2D eigenvalue weighted by atomic mass is 16.5. The average molecular weight is 364 g/mol. The van der Waals surface area contributed by atoms with Crippen molar-refractivity contribution >= 4 is 5.91 Å². The first kappa shape index (κ1) is 17.5. The molecule has 4 rings (SSSR count). The lowest BCUT2D eigenvalue weighted by Gasteiger charge is -2.22. The summed E-state index contributed by atoms with van der Waals surface area (Å²) in [6.07, 6.45) is 1.78. The molecule has 6 heteroatoms. The second-order valence-electron chi connectivity index (χ2n) is 7.33. The van der Waals surface area contributed by atoms with Crippen molar-refractivity contribution in [2.24, 2.45) is 7.05 Å². The van der Waals surface area contributed by atoms with Crippen LogP contribution in [0, 0.1) is 0 Å². The summed E-state index contributed by atoms with van der Waals surface area (Å²) in [5.41, 5.74) is 2.79. The molecule has 1 atom stereocenters. The molecular formula is C21H24N4O2. The Morgan fingerprint density at radius 3 is 2.67 bits per heavy atom. The fourth-order valence-electron chi connectivity index (χ4n) is 3.66. The molecule has 2 aromatic heterocycles. The van der Waals surface area contributed by atoms with Gasteiger partial charge < -0.3 is 14.0 Å². The predicted molar refractivity (Wildman–Crippen MR) is 102 cm³/mol. The Morgan fingerprint density at radius 2 is 1.96 bits per heavy atom. The second kappa shape index (κ2) is 7.02. The molecule has 1 fully saturated rings. The molecule has 27 heavy (non-hydrogen) atoms. The van der Waals surface area contributed by atoms with Gasteiger partial charge in [-0.15, -0.1) is 0 Å². The number of rotatable bonds is 4. The predicted octanol–water partition coefficient (Wildman–Crippen LogP) is 4.18. The highest BCUT2D eigenvalue weighted by Gasteiger charge is 2.35. The van der Waals surface area contributed by atoms with Gasteiger partial charge in [-0.3, -0.25) is 4.79 Å². The van der Waals surface area contributed by atoms with Crippen molar-refractivity contribution in [3.63, 3.8) is 0 Å². The van der Waals surface area contributed by atoms with Crippen LogP contribution in [0.3, 0.4) is 0 Å². The molecule has 140 valence electrons. The Bertz CT molecular complexity index is 942. The van der Waals surface area contributed by atoms with E-state index in [0.717, 1.165) is 24.1 Å². The lowest BCUT2D eigenvalue weighted by Crippen LogP contribution is -2.32. The summed E-state index contributed by atoms with van der Waals surface area (Å²) >= 11 is 0. The van der Waals surface area contributed by atoms with Crippen molar-refractivity contribution in [1.29, 1.82) is 0 Å². The van der Waals surface area contributed by atoms with Gasteiger partial charge in [0.25, 0.3) is 5.91 Å². The Hall–Kier alpha value is -2.89. The summed E-state index contributed by atoms with van der Waals surface area (Å²) < 4.78 is 7.43. The maximum absolute atomic E-state index is 13.3. The van der Waals surface area contributed by atoms with Crippen LogP contribution in [0.2, 0.25) is 0 Å². The number of nitrogens with zero attached hydrogens (tertiary/aromatic N) is 4. The third-order valence-electron chi connectivity index (χ3n) is 5.18. The van der Waals surface area contributed by atoms with Gasteiger partial charge in [-0.25, -0.2) is 0 Å². The summed E-state index contributed by atoms with van der Waals surface area (Å²) in [5.74, 6) is 1.44. The van der Waals surface area contributed by atoms with Crippen LogP contribution in [-0.2, 0) is 7.05 Å². The Balaban J connectivity index is 1.61. The van der Waals surface area contributed by atoms with E-state index in [1.165, 1.54) is 0 Å². The molecule has 1 amide bonds. The summed E-state index contributed by atoms with van der Waals surface area (Å²) in [5, 5.41) is 4.06. The zero-order valence-corrected chi connectivity index (χ0v) is 15.9. The van der Waals surface area contributed by atoms with Crippen LogP contribution in [0.4, 0.5) is 0 Å². The maximum atomic E-state index is 13.3. The fraction of sp³-hybridized carbons (Fsp3) is 0.381. The molecular weight excluding hydrogens is 340 g/mol. The van der Waals surface area contributed by atoms with Crippen molar-refractivity contribution in [2.75, 3.05) is 6.54 Å². The zero-order valence-electron chi connectivity index (χ0n) is 15.9. The minimum absolute atomic E-state index is 0.00600. The van der Waals surface area contributed by atoms with E-state index in [4.69, 9.17) is 4.52 Å². The second-order valence-corrected chi connectivity index (χ2v) is 7.33. The molecule has 1 saturated heterocycles. The topological polar surface area (TPSA) is 64.2 Å². The van der Waals surface area contributed by atoms with Gasteiger partial charge in [0.2, 0.25) is 5.89 Å². The van der Waals surface area contributed by atoms with Crippen molar-refractivity contribution in [1.82, 2.24) is 19.6 Å². The summed E-state index contributed by atoms with van der Waals surface area (Å²) in [7, 11) is 1.93. The molecule has 0 N–H and O–H groups in total. The molecule has 3 heterocycles. The molecule has 3 aromatic rings. The monoisotopic (exact) mass is 364 g/mol. The van der Waals surface area contributed by atoms with Crippen LogP contribution >= 0.6 is 0 Å². The fourth-order valence-corrected chi connectivity index (χ4v) is 3.66. The molecule has 0 spiro atoms. The van der Waals surface area contributed by atoms with E-state index in [-0.39, 0.29) is 17.9 Å². The summed E-state index contributed by atoms with van der Waals surface area (Å²) in [4.78, 5) is 19.6. The quantitative estimate of drug-likeness (QED) is 0.697. The van der Waals surface area contributed by atoms with E-state index in [1.54, 1.807) is 0 Å². The van der Waals surface area contributed by atoms with Gasteiger partial charge in [0.15, 0.2) is 5.82 Å². The number of amides is 1. The third kappa shape index (κ3) is 3.16. The van der Waals surface area contributed by atoms with Gasteiger partial charge in [0.1, 0.15) is 11.7 Å². The SMILES string of the molecule is CC(C)c1noc(C2CCCN2C(=O)c2ccc(-c3ccccc3)n2C)n1. The standard InChI is InChI=1S/C21H24N4O2/c1-14(2)19-22-20(27-23-19)17-10-7-13-25(17)21(26)18-12-11-16(24(18)3)15-8-5-4-6-9-15/h4-6,8-9,11-12,14,17H,7,10,13H2,1-3H3. The molecule has 1 aliphatic heterocycles. The van der Waals surface area contributed by atoms with E-state index >= 15 is 0 Å². The minimum atomic E-state index is -0.146. The van der Waals surface area contributed by atoms with E-state index in [1.807, 2.05) is 72.8 Å². The van der Waals surface area contributed by atoms with Crippen molar-refractivity contribution in [2.45, 2.75) is 38.6 Å². The number of aromatic nitrogens is 3. The number of hydrogen-bond acceptors (Lipinski definition) is 4. The Morgan fingerprint density at radius 1 is 1.19 bits per heavy atom.